The summed E-state index contributed by atoms with van der Waals surface area (Å²) in [6, 6.07) is 5.90. The number of nitrogens with one attached hydrogen (secondary N) is 2. The quantitative estimate of drug-likeness (QED) is 0.709. The maximum atomic E-state index is 13.2. The summed E-state index contributed by atoms with van der Waals surface area (Å²) in [6.07, 6.45) is 1.44. The Labute approximate surface area is 114 Å². The Morgan fingerprint density at radius 2 is 2.21 bits per heavy atom. The van der Waals surface area contributed by atoms with Crippen LogP contribution < -0.4 is 9.62 Å². The van der Waals surface area contributed by atoms with Crippen LogP contribution in [0.5, 0.6) is 0 Å². The SMILES string of the molecule is O=c1nc(N(Br)c2cccc(F)c2)c2[nH]cnc2[nH]1. The van der Waals surface area contributed by atoms with Gasteiger partial charge in [0.25, 0.3) is 0 Å². The highest BCUT2D eigenvalue weighted by molar-refractivity contribution is 9.10. The number of aromatic amines is 2. The van der Waals surface area contributed by atoms with E-state index in [1.54, 1.807) is 12.1 Å². The molecular formula is C11H7BrFN5O. The minimum atomic E-state index is -0.532. The summed E-state index contributed by atoms with van der Waals surface area (Å²) in [6.45, 7) is 0. The first-order valence-corrected chi connectivity index (χ1v) is 6.01. The number of halogens is 2. The molecule has 0 aliphatic heterocycles. The number of aromatic nitrogens is 4. The molecule has 1 aromatic carbocycles. The second-order valence-electron chi connectivity index (χ2n) is 3.75. The van der Waals surface area contributed by atoms with E-state index in [0.29, 0.717) is 22.7 Å². The second-order valence-corrected chi connectivity index (χ2v) is 4.46. The van der Waals surface area contributed by atoms with Gasteiger partial charge in [0.05, 0.1) is 28.2 Å². The normalized spacial score (nSPS) is 10.8. The summed E-state index contributed by atoms with van der Waals surface area (Å²) in [5.74, 6) is -0.0745. The van der Waals surface area contributed by atoms with Gasteiger partial charge in [0.2, 0.25) is 0 Å². The van der Waals surface area contributed by atoms with Gasteiger partial charge in [-0.15, -0.1) is 0 Å². The fourth-order valence-electron chi connectivity index (χ4n) is 1.70. The molecule has 0 aliphatic carbocycles. The van der Waals surface area contributed by atoms with Gasteiger partial charge in [-0.2, -0.15) is 4.98 Å². The van der Waals surface area contributed by atoms with E-state index >= 15 is 0 Å². The van der Waals surface area contributed by atoms with Crippen molar-refractivity contribution in [2.75, 3.05) is 3.93 Å². The van der Waals surface area contributed by atoms with Crippen LogP contribution >= 0.6 is 16.1 Å². The van der Waals surface area contributed by atoms with E-state index in [1.807, 2.05) is 0 Å². The lowest BCUT2D eigenvalue weighted by Crippen LogP contribution is -2.15. The number of fused-ring (bicyclic) bond motifs is 1. The molecule has 6 nitrogen and oxygen atoms in total. The standard InChI is InChI=1S/C11H7BrFN5O/c12-18(7-3-1-2-6(13)4-7)10-8-9(15-5-14-8)16-11(19)17-10/h1-5H,(H2,14,15,16,17,19). The molecule has 2 aromatic heterocycles. The fraction of sp³-hybridized carbons (Fsp3) is 0. The van der Waals surface area contributed by atoms with Crippen molar-refractivity contribution in [1.29, 1.82) is 0 Å². The Kier molecular flexibility index (Phi) is 2.79. The number of H-pyrrole nitrogens is 2. The molecule has 2 N–H and O–H groups in total. The molecule has 0 saturated carbocycles. The van der Waals surface area contributed by atoms with Crippen molar-refractivity contribution in [1.82, 2.24) is 19.9 Å². The fourth-order valence-corrected chi connectivity index (χ4v) is 2.18. The number of anilines is 2. The second kappa shape index (κ2) is 4.47. The van der Waals surface area contributed by atoms with E-state index in [4.69, 9.17) is 0 Å². The largest absolute Gasteiger partial charge is 0.348 e. The molecule has 3 aromatic rings. The van der Waals surface area contributed by atoms with Crippen LogP contribution in [0.1, 0.15) is 0 Å². The number of imidazole rings is 1. The average Bonchev–Trinajstić information content (AvgIpc) is 2.85. The van der Waals surface area contributed by atoms with Crippen molar-refractivity contribution >= 4 is 38.8 Å². The molecule has 0 bridgehead atoms. The first kappa shape index (κ1) is 11.8. The number of hydrogen-bond acceptors (Lipinski definition) is 4. The molecule has 0 amide bonds. The molecule has 0 fully saturated rings. The summed E-state index contributed by atoms with van der Waals surface area (Å²) in [4.78, 5) is 24.6. The van der Waals surface area contributed by atoms with Crippen molar-refractivity contribution in [3.05, 3.63) is 46.9 Å². The molecule has 0 spiro atoms. The highest BCUT2D eigenvalue weighted by atomic mass is 79.9. The molecule has 0 aliphatic rings. The molecule has 0 saturated heterocycles. The summed E-state index contributed by atoms with van der Waals surface area (Å²) in [5, 5.41) is 0. The summed E-state index contributed by atoms with van der Waals surface area (Å²) >= 11 is 3.27. The zero-order chi connectivity index (χ0) is 13.4. The molecule has 96 valence electrons. The maximum Gasteiger partial charge on any atom is 0.348 e. The first-order valence-electron chi connectivity index (χ1n) is 5.30. The Balaban J connectivity index is 2.18. The minimum Gasteiger partial charge on any atom is -0.340 e. The van der Waals surface area contributed by atoms with E-state index in [2.05, 4.69) is 36.1 Å². The van der Waals surface area contributed by atoms with Crippen LogP contribution in [-0.2, 0) is 0 Å². The number of rotatable bonds is 2. The van der Waals surface area contributed by atoms with Gasteiger partial charge in [0.15, 0.2) is 11.5 Å². The highest BCUT2D eigenvalue weighted by Crippen LogP contribution is 2.30. The van der Waals surface area contributed by atoms with Crippen LogP contribution in [0.25, 0.3) is 11.2 Å². The van der Waals surface area contributed by atoms with Crippen molar-refractivity contribution in [2.45, 2.75) is 0 Å². The third-order valence-electron chi connectivity index (χ3n) is 2.52. The van der Waals surface area contributed by atoms with Gasteiger partial charge < -0.3 is 4.98 Å². The Morgan fingerprint density at radius 3 is 3.00 bits per heavy atom. The highest BCUT2D eigenvalue weighted by Gasteiger charge is 2.15. The smallest absolute Gasteiger partial charge is 0.340 e. The third kappa shape index (κ3) is 2.10. The van der Waals surface area contributed by atoms with E-state index in [-0.39, 0.29) is 5.82 Å². The molecule has 0 atom stereocenters. The predicted octanol–water partition coefficient (Wildman–Crippen LogP) is 2.23. The monoisotopic (exact) mass is 323 g/mol. The average molecular weight is 324 g/mol. The van der Waals surface area contributed by atoms with Crippen LogP contribution in [0, 0.1) is 5.82 Å². The van der Waals surface area contributed by atoms with Crippen LogP contribution in [-0.4, -0.2) is 19.9 Å². The van der Waals surface area contributed by atoms with E-state index in [9.17, 15) is 9.18 Å². The molecule has 2 heterocycles. The molecule has 3 rings (SSSR count). The van der Waals surface area contributed by atoms with Crippen LogP contribution in [0.2, 0.25) is 0 Å². The van der Waals surface area contributed by atoms with E-state index in [1.165, 1.54) is 22.4 Å². The molecular weight excluding hydrogens is 317 g/mol. The maximum absolute atomic E-state index is 13.2. The van der Waals surface area contributed by atoms with Gasteiger partial charge in [-0.1, -0.05) is 6.07 Å². The van der Waals surface area contributed by atoms with Crippen molar-refractivity contribution in [3.8, 4) is 0 Å². The van der Waals surface area contributed by atoms with Gasteiger partial charge in [0.1, 0.15) is 11.3 Å². The zero-order valence-corrected chi connectivity index (χ0v) is 11.0. The predicted molar refractivity (Wildman–Crippen MR) is 72.0 cm³/mol. The number of hydrogen-bond donors (Lipinski definition) is 2. The molecule has 19 heavy (non-hydrogen) atoms. The summed E-state index contributed by atoms with van der Waals surface area (Å²) in [5.41, 5.74) is 0.904. The van der Waals surface area contributed by atoms with E-state index < -0.39 is 5.69 Å². The van der Waals surface area contributed by atoms with Gasteiger partial charge in [-0.05, 0) is 18.2 Å². The van der Waals surface area contributed by atoms with Crippen LogP contribution in [0.15, 0.2) is 35.4 Å². The summed E-state index contributed by atoms with van der Waals surface area (Å²) < 4.78 is 14.7. The zero-order valence-electron chi connectivity index (χ0n) is 9.39. The molecule has 0 radical (unpaired) electrons. The Hall–Kier alpha value is -2.22. The minimum absolute atomic E-state index is 0.307. The topological polar surface area (TPSA) is 77.7 Å². The van der Waals surface area contributed by atoms with Crippen LogP contribution in [0.4, 0.5) is 15.9 Å². The third-order valence-corrected chi connectivity index (χ3v) is 3.26. The van der Waals surface area contributed by atoms with Crippen LogP contribution in [0.3, 0.4) is 0 Å². The van der Waals surface area contributed by atoms with Gasteiger partial charge in [0, 0.05) is 0 Å². The van der Waals surface area contributed by atoms with Crippen molar-refractivity contribution in [3.63, 3.8) is 0 Å². The lowest BCUT2D eigenvalue weighted by atomic mass is 10.3. The van der Waals surface area contributed by atoms with E-state index in [0.717, 1.165) is 0 Å². The molecule has 0 unspecified atom stereocenters. The lowest BCUT2D eigenvalue weighted by molar-refractivity contribution is 0.628. The number of benzene rings is 1. The lowest BCUT2D eigenvalue weighted by Gasteiger charge is -2.15. The number of nitrogens with zero attached hydrogens (tertiary/aromatic N) is 3. The van der Waals surface area contributed by atoms with Crippen molar-refractivity contribution < 1.29 is 4.39 Å². The first-order chi connectivity index (χ1) is 9.15. The van der Waals surface area contributed by atoms with Gasteiger partial charge >= 0.3 is 5.69 Å². The summed E-state index contributed by atoms with van der Waals surface area (Å²) in [7, 11) is 0. The van der Waals surface area contributed by atoms with Gasteiger partial charge in [-0.25, -0.2) is 14.2 Å². The van der Waals surface area contributed by atoms with Gasteiger partial charge in [-0.3, -0.25) is 8.91 Å². The van der Waals surface area contributed by atoms with Crippen molar-refractivity contribution in [2.24, 2.45) is 0 Å². The Bertz CT molecular complexity index is 799. The Morgan fingerprint density at radius 1 is 1.37 bits per heavy atom. The molecule has 8 heteroatoms.